The molecule has 0 saturated heterocycles. The first-order chi connectivity index (χ1) is 6.42. The van der Waals surface area contributed by atoms with Crippen molar-refractivity contribution >= 4 is 17.4 Å². The van der Waals surface area contributed by atoms with Gasteiger partial charge in [-0.25, -0.2) is 4.68 Å². The molecule has 13 heavy (non-hydrogen) atoms. The van der Waals surface area contributed by atoms with Gasteiger partial charge in [-0.2, -0.15) is 0 Å². The lowest BCUT2D eigenvalue weighted by molar-refractivity contribution is 0.513. The van der Waals surface area contributed by atoms with E-state index in [-0.39, 0.29) is 0 Å². The van der Waals surface area contributed by atoms with E-state index >= 15 is 0 Å². The molecular formula is C8H7N4O. The molecule has 2 rings (SSSR count). The van der Waals surface area contributed by atoms with Crippen molar-refractivity contribution in [2.24, 2.45) is 0 Å². The van der Waals surface area contributed by atoms with Crippen molar-refractivity contribution in [2.45, 2.75) is 6.67 Å². The summed E-state index contributed by atoms with van der Waals surface area (Å²) in [6, 6.07) is 7.54. The first-order valence-electron chi connectivity index (χ1n) is 3.80. The van der Waals surface area contributed by atoms with Crippen LogP contribution in [0, 0.1) is 0 Å². The average Bonchev–Trinajstić information content (AvgIpc) is 2.58. The van der Waals surface area contributed by atoms with Crippen LogP contribution < -0.4 is 5.32 Å². The lowest BCUT2D eigenvalue weighted by atomic mass is 10.3. The molecule has 0 aliphatic carbocycles. The van der Waals surface area contributed by atoms with E-state index < -0.39 is 0 Å². The highest BCUT2D eigenvalue weighted by molar-refractivity contribution is 5.73. The fraction of sp³-hybridized carbons (Fsp3) is 0.125. The Morgan fingerprint density at radius 1 is 1.46 bits per heavy atom. The highest BCUT2D eigenvalue weighted by atomic mass is 16.1. The van der Waals surface area contributed by atoms with Gasteiger partial charge in [0.2, 0.25) is 0 Å². The van der Waals surface area contributed by atoms with Crippen molar-refractivity contribution in [1.29, 1.82) is 0 Å². The van der Waals surface area contributed by atoms with E-state index in [0.29, 0.717) is 6.67 Å². The fourth-order valence-corrected chi connectivity index (χ4v) is 1.14. The summed E-state index contributed by atoms with van der Waals surface area (Å²) >= 11 is 0. The van der Waals surface area contributed by atoms with E-state index in [9.17, 15) is 4.79 Å². The standard InChI is InChI=1S/C8H7N4O/c13-6-9-5-12-8-4-2-1-3-7(8)10-11-12/h1-4H,5H2,(H,9,13). The maximum absolute atomic E-state index is 9.94. The third kappa shape index (κ3) is 1.35. The molecule has 65 valence electrons. The topological polar surface area (TPSA) is 59.8 Å². The number of amides is 1. The Labute approximate surface area is 74.3 Å². The van der Waals surface area contributed by atoms with E-state index in [4.69, 9.17) is 0 Å². The normalized spacial score (nSPS) is 10.2. The Morgan fingerprint density at radius 3 is 3.15 bits per heavy atom. The van der Waals surface area contributed by atoms with Crippen molar-refractivity contribution in [1.82, 2.24) is 20.3 Å². The summed E-state index contributed by atoms with van der Waals surface area (Å²) in [5, 5.41) is 10.2. The van der Waals surface area contributed by atoms with Crippen molar-refractivity contribution in [3.05, 3.63) is 24.3 Å². The highest BCUT2D eigenvalue weighted by Crippen LogP contribution is 2.08. The molecule has 0 fully saturated rings. The number of nitrogens with one attached hydrogen (secondary N) is 1. The predicted molar refractivity (Wildman–Crippen MR) is 46.4 cm³/mol. The van der Waals surface area contributed by atoms with Gasteiger partial charge in [0, 0.05) is 0 Å². The molecule has 0 aliphatic heterocycles. The molecule has 1 heterocycles. The van der Waals surface area contributed by atoms with Crippen LogP contribution in [0.2, 0.25) is 0 Å². The van der Waals surface area contributed by atoms with Crippen LogP contribution in [-0.2, 0) is 11.5 Å². The summed E-state index contributed by atoms with van der Waals surface area (Å²) < 4.78 is 1.60. The Balaban J connectivity index is 2.40. The van der Waals surface area contributed by atoms with Gasteiger partial charge in [0.05, 0.1) is 5.52 Å². The number of aromatic nitrogens is 3. The zero-order valence-electron chi connectivity index (χ0n) is 6.77. The van der Waals surface area contributed by atoms with Crippen LogP contribution in [0.4, 0.5) is 0 Å². The molecular weight excluding hydrogens is 168 g/mol. The molecule has 0 bridgehead atoms. The number of fused-ring (bicyclic) bond motifs is 1. The van der Waals surface area contributed by atoms with Gasteiger partial charge in [0.15, 0.2) is 0 Å². The van der Waals surface area contributed by atoms with Gasteiger partial charge in [-0.15, -0.1) is 5.10 Å². The molecule has 0 unspecified atom stereocenters. The molecule has 0 aliphatic rings. The van der Waals surface area contributed by atoms with Gasteiger partial charge in [0.25, 0.3) is 0 Å². The van der Waals surface area contributed by atoms with Crippen molar-refractivity contribution < 1.29 is 4.79 Å². The smallest absolute Gasteiger partial charge is 0.310 e. The summed E-state index contributed by atoms with van der Waals surface area (Å²) in [6.07, 6.45) is 1.58. The lowest BCUT2D eigenvalue weighted by Gasteiger charge is -1.97. The molecule has 5 heteroatoms. The first-order valence-corrected chi connectivity index (χ1v) is 3.80. The maximum atomic E-state index is 9.94. The monoisotopic (exact) mass is 175 g/mol. The molecule has 1 N–H and O–H groups in total. The minimum absolute atomic E-state index is 0.296. The number of rotatable bonds is 3. The van der Waals surface area contributed by atoms with Crippen LogP contribution in [0.5, 0.6) is 0 Å². The van der Waals surface area contributed by atoms with Gasteiger partial charge >= 0.3 is 6.41 Å². The summed E-state index contributed by atoms with van der Waals surface area (Å²) in [7, 11) is 0. The number of hydrogen-bond acceptors (Lipinski definition) is 3. The number of para-hydroxylation sites is 1. The molecule has 0 atom stereocenters. The summed E-state index contributed by atoms with van der Waals surface area (Å²) in [4.78, 5) is 9.94. The van der Waals surface area contributed by atoms with Crippen molar-refractivity contribution in [3.8, 4) is 0 Å². The summed E-state index contributed by atoms with van der Waals surface area (Å²) in [5.74, 6) is 0. The maximum Gasteiger partial charge on any atom is 0.310 e. The van der Waals surface area contributed by atoms with Crippen LogP contribution in [0.3, 0.4) is 0 Å². The number of hydrogen-bond donors (Lipinski definition) is 1. The summed E-state index contributed by atoms with van der Waals surface area (Å²) in [5.41, 5.74) is 1.71. The fourth-order valence-electron chi connectivity index (χ4n) is 1.14. The third-order valence-electron chi connectivity index (χ3n) is 1.72. The van der Waals surface area contributed by atoms with Crippen LogP contribution in [0.15, 0.2) is 24.3 Å². The molecule has 1 aromatic carbocycles. The SMILES string of the molecule is O=[C]NCn1nnc2ccccc21. The number of carbonyl (C=O) groups excluding carboxylic acids is 1. The Morgan fingerprint density at radius 2 is 2.31 bits per heavy atom. The van der Waals surface area contributed by atoms with E-state index in [2.05, 4.69) is 15.6 Å². The average molecular weight is 175 g/mol. The molecule has 0 spiro atoms. The second-order valence-corrected chi connectivity index (χ2v) is 2.51. The van der Waals surface area contributed by atoms with Crippen molar-refractivity contribution in [3.63, 3.8) is 0 Å². The molecule has 0 saturated carbocycles. The number of nitrogens with zero attached hydrogens (tertiary/aromatic N) is 3. The van der Waals surface area contributed by atoms with Crippen LogP contribution in [-0.4, -0.2) is 21.4 Å². The quantitative estimate of drug-likeness (QED) is 0.670. The molecule has 2 aromatic rings. The summed E-state index contributed by atoms with van der Waals surface area (Å²) in [6.45, 7) is 0.296. The van der Waals surface area contributed by atoms with Gasteiger partial charge < -0.3 is 5.32 Å². The molecule has 5 nitrogen and oxygen atoms in total. The Kier molecular flexibility index (Phi) is 1.91. The highest BCUT2D eigenvalue weighted by Gasteiger charge is 2.00. The van der Waals surface area contributed by atoms with E-state index in [1.54, 1.807) is 11.1 Å². The second kappa shape index (κ2) is 3.22. The van der Waals surface area contributed by atoms with Crippen LogP contribution >= 0.6 is 0 Å². The molecule has 1 radical (unpaired) electrons. The second-order valence-electron chi connectivity index (χ2n) is 2.51. The lowest BCUT2D eigenvalue weighted by Crippen LogP contribution is -2.17. The van der Waals surface area contributed by atoms with Gasteiger partial charge in [-0.1, -0.05) is 17.3 Å². The van der Waals surface area contributed by atoms with E-state index in [1.165, 1.54) is 0 Å². The molecule has 1 amide bonds. The van der Waals surface area contributed by atoms with Crippen LogP contribution in [0.25, 0.3) is 11.0 Å². The minimum Gasteiger partial charge on any atom is -0.328 e. The minimum atomic E-state index is 0.296. The van der Waals surface area contributed by atoms with Crippen LogP contribution in [0.1, 0.15) is 0 Å². The predicted octanol–water partition coefficient (Wildman–Crippen LogP) is 0.0456. The van der Waals surface area contributed by atoms with Crippen molar-refractivity contribution in [2.75, 3.05) is 0 Å². The van der Waals surface area contributed by atoms with E-state index in [0.717, 1.165) is 11.0 Å². The molecule has 1 aromatic heterocycles. The Hall–Kier alpha value is -1.91. The van der Waals surface area contributed by atoms with Gasteiger partial charge in [-0.05, 0) is 12.1 Å². The van der Waals surface area contributed by atoms with E-state index in [1.807, 2.05) is 24.3 Å². The number of benzene rings is 1. The first kappa shape index (κ1) is 7.72. The zero-order valence-corrected chi connectivity index (χ0v) is 6.77. The van der Waals surface area contributed by atoms with Gasteiger partial charge in [0.1, 0.15) is 12.2 Å². The largest absolute Gasteiger partial charge is 0.328 e. The third-order valence-corrected chi connectivity index (χ3v) is 1.72. The Bertz CT molecular complexity index is 423. The van der Waals surface area contributed by atoms with Gasteiger partial charge in [-0.3, -0.25) is 4.79 Å². The zero-order chi connectivity index (χ0) is 9.10.